The van der Waals surface area contributed by atoms with E-state index >= 15 is 0 Å². The monoisotopic (exact) mass is 285 g/mol. The summed E-state index contributed by atoms with van der Waals surface area (Å²) in [6.07, 6.45) is -0.0910. The van der Waals surface area contributed by atoms with Gasteiger partial charge in [0.2, 0.25) is 5.91 Å². The Morgan fingerprint density at radius 3 is 2.55 bits per heavy atom. The van der Waals surface area contributed by atoms with Gasteiger partial charge < -0.3 is 20.5 Å². The minimum Gasteiger partial charge on any atom is -0.481 e. The molecule has 2 saturated heterocycles. The molecule has 3 N–H and O–H groups in total. The van der Waals surface area contributed by atoms with Gasteiger partial charge >= 0.3 is 12.0 Å². The van der Waals surface area contributed by atoms with Gasteiger partial charge in [0.05, 0.1) is 25.7 Å². The van der Waals surface area contributed by atoms with Crippen LogP contribution in [0.3, 0.4) is 0 Å². The Bertz CT molecular complexity index is 465. The Hall–Kier alpha value is -2.16. The Morgan fingerprint density at radius 2 is 2.00 bits per heavy atom. The number of hydrogen-bond acceptors (Lipinski definition) is 5. The molecule has 9 heteroatoms. The van der Waals surface area contributed by atoms with Gasteiger partial charge in [-0.25, -0.2) is 4.79 Å². The summed E-state index contributed by atoms with van der Waals surface area (Å²) in [5, 5.41) is 13.7. The fourth-order valence-corrected chi connectivity index (χ4v) is 2.18. The fraction of sp³-hybridized carbons (Fsp3) is 0.636. The van der Waals surface area contributed by atoms with E-state index in [0.717, 1.165) is 4.90 Å². The number of carboxylic acid groups (broad SMARTS) is 1. The smallest absolute Gasteiger partial charge is 0.315 e. The number of amides is 4. The van der Waals surface area contributed by atoms with Crippen molar-refractivity contribution >= 4 is 23.8 Å². The Balaban J connectivity index is 1.89. The van der Waals surface area contributed by atoms with E-state index in [1.54, 1.807) is 0 Å². The van der Waals surface area contributed by atoms with E-state index in [1.165, 1.54) is 7.05 Å². The highest BCUT2D eigenvalue weighted by atomic mass is 16.5. The van der Waals surface area contributed by atoms with Crippen LogP contribution in [-0.4, -0.2) is 66.2 Å². The molecule has 0 bridgehead atoms. The lowest BCUT2D eigenvalue weighted by Gasteiger charge is -2.18. The number of ether oxygens (including phenoxy) is 1. The van der Waals surface area contributed by atoms with Gasteiger partial charge in [-0.1, -0.05) is 0 Å². The lowest BCUT2D eigenvalue weighted by molar-refractivity contribution is -0.142. The second kappa shape index (κ2) is 5.45. The molecule has 110 valence electrons. The summed E-state index contributed by atoms with van der Waals surface area (Å²) in [7, 11) is 1.34. The van der Waals surface area contributed by atoms with Crippen molar-refractivity contribution in [2.45, 2.75) is 18.5 Å². The average Bonchev–Trinajstić information content (AvgIpc) is 2.91. The third kappa shape index (κ3) is 2.72. The van der Waals surface area contributed by atoms with Gasteiger partial charge in [0, 0.05) is 7.05 Å². The molecule has 0 aromatic carbocycles. The number of aliphatic carboxylic acids is 1. The predicted octanol–water partition coefficient (Wildman–Crippen LogP) is -1.86. The van der Waals surface area contributed by atoms with Crippen molar-refractivity contribution in [3.05, 3.63) is 0 Å². The summed E-state index contributed by atoms with van der Waals surface area (Å²) < 4.78 is 5.00. The predicted molar refractivity (Wildman–Crippen MR) is 63.6 cm³/mol. The molecule has 3 atom stereocenters. The number of likely N-dealkylation sites (tertiary alicyclic amines) is 1. The van der Waals surface area contributed by atoms with E-state index < -0.39 is 35.9 Å². The van der Waals surface area contributed by atoms with E-state index in [1.807, 2.05) is 0 Å². The molecule has 2 rings (SSSR count). The van der Waals surface area contributed by atoms with Crippen molar-refractivity contribution in [1.29, 1.82) is 0 Å². The first-order chi connectivity index (χ1) is 9.40. The van der Waals surface area contributed by atoms with Crippen molar-refractivity contribution < 1.29 is 29.0 Å². The summed E-state index contributed by atoms with van der Waals surface area (Å²) in [6, 6.07) is -2.25. The number of carboxylic acids is 1. The van der Waals surface area contributed by atoms with Crippen LogP contribution in [0, 0.1) is 5.92 Å². The van der Waals surface area contributed by atoms with Crippen LogP contribution >= 0.6 is 0 Å². The summed E-state index contributed by atoms with van der Waals surface area (Å²) in [5.74, 6) is -2.72. The molecule has 3 unspecified atom stereocenters. The van der Waals surface area contributed by atoms with Crippen LogP contribution in [-0.2, 0) is 19.1 Å². The zero-order chi connectivity index (χ0) is 14.9. The van der Waals surface area contributed by atoms with E-state index in [0.29, 0.717) is 0 Å². The van der Waals surface area contributed by atoms with E-state index in [2.05, 4.69) is 10.6 Å². The Morgan fingerprint density at radius 1 is 1.30 bits per heavy atom. The van der Waals surface area contributed by atoms with Gasteiger partial charge in [0.1, 0.15) is 12.0 Å². The summed E-state index contributed by atoms with van der Waals surface area (Å²) in [4.78, 5) is 46.5. The van der Waals surface area contributed by atoms with Gasteiger partial charge in [-0.3, -0.25) is 19.3 Å². The van der Waals surface area contributed by atoms with E-state index in [9.17, 15) is 19.2 Å². The van der Waals surface area contributed by atoms with Gasteiger partial charge in [-0.2, -0.15) is 0 Å². The van der Waals surface area contributed by atoms with Crippen LogP contribution in [0.2, 0.25) is 0 Å². The van der Waals surface area contributed by atoms with Crippen LogP contribution in [0.1, 0.15) is 6.42 Å². The first-order valence-corrected chi connectivity index (χ1v) is 6.08. The quantitative estimate of drug-likeness (QED) is 0.522. The van der Waals surface area contributed by atoms with Crippen LogP contribution in [0.15, 0.2) is 0 Å². The lowest BCUT2D eigenvalue weighted by Crippen LogP contribution is -2.51. The summed E-state index contributed by atoms with van der Waals surface area (Å²) in [6.45, 7) is 0.131. The van der Waals surface area contributed by atoms with Crippen molar-refractivity contribution in [2.75, 3.05) is 20.3 Å². The molecular weight excluding hydrogens is 270 g/mol. The maximum absolute atomic E-state index is 11.7. The number of nitrogens with zero attached hydrogens (tertiary/aromatic N) is 1. The van der Waals surface area contributed by atoms with Crippen molar-refractivity contribution in [1.82, 2.24) is 15.5 Å². The molecular formula is C11H15N3O6. The second-order valence-corrected chi connectivity index (χ2v) is 4.75. The van der Waals surface area contributed by atoms with Crippen molar-refractivity contribution in [2.24, 2.45) is 5.92 Å². The zero-order valence-electron chi connectivity index (χ0n) is 10.8. The summed E-state index contributed by atoms with van der Waals surface area (Å²) >= 11 is 0. The minimum atomic E-state index is -1.06. The number of imide groups is 1. The van der Waals surface area contributed by atoms with E-state index in [4.69, 9.17) is 9.84 Å². The highest BCUT2D eigenvalue weighted by molar-refractivity contribution is 6.06. The van der Waals surface area contributed by atoms with Crippen LogP contribution in [0.25, 0.3) is 0 Å². The molecule has 0 radical (unpaired) electrons. The highest BCUT2D eigenvalue weighted by Crippen LogP contribution is 2.14. The molecule has 0 aromatic rings. The number of rotatable bonds is 3. The zero-order valence-corrected chi connectivity index (χ0v) is 10.8. The molecule has 0 spiro atoms. The number of carbonyl (C=O) groups is 4. The normalized spacial score (nSPS) is 29.6. The topological polar surface area (TPSA) is 125 Å². The molecule has 2 aliphatic rings. The van der Waals surface area contributed by atoms with Crippen LogP contribution in [0.4, 0.5) is 4.79 Å². The first kappa shape index (κ1) is 14.3. The highest BCUT2D eigenvalue weighted by Gasteiger charge is 2.39. The largest absolute Gasteiger partial charge is 0.481 e. The van der Waals surface area contributed by atoms with Crippen molar-refractivity contribution in [3.63, 3.8) is 0 Å². The van der Waals surface area contributed by atoms with Gasteiger partial charge in [-0.05, 0) is 0 Å². The van der Waals surface area contributed by atoms with Gasteiger partial charge in [0.15, 0.2) is 0 Å². The maximum atomic E-state index is 11.7. The standard InChI is InChI=1S/C11H15N3O6/c1-14-8(15)2-6(9(14)16)12-11(19)13-7-4-20-3-5(7)10(17)18/h5-7H,2-4H2,1H3,(H,17,18)(H2,12,13,19). The second-order valence-electron chi connectivity index (χ2n) is 4.75. The molecule has 2 heterocycles. The third-order valence-corrected chi connectivity index (χ3v) is 3.40. The van der Waals surface area contributed by atoms with Gasteiger partial charge in [0.25, 0.3) is 5.91 Å². The SMILES string of the molecule is CN1C(=O)CC(NC(=O)NC2COCC2C(=O)O)C1=O. The average molecular weight is 285 g/mol. The van der Waals surface area contributed by atoms with Crippen LogP contribution in [0.5, 0.6) is 0 Å². The summed E-state index contributed by atoms with van der Waals surface area (Å²) in [5.41, 5.74) is 0. The third-order valence-electron chi connectivity index (χ3n) is 3.40. The van der Waals surface area contributed by atoms with Gasteiger partial charge in [-0.15, -0.1) is 0 Å². The molecule has 0 saturated carbocycles. The van der Waals surface area contributed by atoms with E-state index in [-0.39, 0.29) is 25.5 Å². The Labute approximate surface area is 114 Å². The molecule has 2 aliphatic heterocycles. The number of likely N-dealkylation sites (N-methyl/N-ethyl adjacent to an activating group) is 1. The molecule has 4 amide bonds. The minimum absolute atomic E-state index is 0.0316. The molecule has 9 nitrogen and oxygen atoms in total. The van der Waals surface area contributed by atoms with Crippen molar-refractivity contribution in [3.8, 4) is 0 Å². The van der Waals surface area contributed by atoms with Crippen LogP contribution < -0.4 is 10.6 Å². The fourth-order valence-electron chi connectivity index (χ4n) is 2.18. The molecule has 20 heavy (non-hydrogen) atoms. The number of carbonyl (C=O) groups excluding carboxylic acids is 3. The molecule has 0 aromatic heterocycles. The lowest BCUT2D eigenvalue weighted by atomic mass is 10.0. The maximum Gasteiger partial charge on any atom is 0.315 e. The number of urea groups is 1. The number of nitrogens with one attached hydrogen (secondary N) is 2. The first-order valence-electron chi connectivity index (χ1n) is 6.08. The number of hydrogen-bond donors (Lipinski definition) is 3. The molecule has 0 aliphatic carbocycles. The Kier molecular flexibility index (Phi) is 3.89. The molecule has 2 fully saturated rings.